The highest BCUT2D eigenvalue weighted by atomic mass is 32.1. The molecule has 1 amide bonds. The van der Waals surface area contributed by atoms with Crippen molar-refractivity contribution in [2.24, 2.45) is 11.8 Å². The lowest BCUT2D eigenvalue weighted by Gasteiger charge is -2.34. The Balaban J connectivity index is 1.22. The molecule has 0 radical (unpaired) electrons. The van der Waals surface area contributed by atoms with Crippen LogP contribution in [-0.2, 0) is 16.8 Å². The standard InChI is InChI=1S/C22H30N4O3S/c27-19-10-17-12-25(21(28)4-3-15-5-8-30-14-15)11-16(17)9-18(19)26-13-20(23-24-26)22(29)6-1-2-7-22/h5,8,13-14,16-19,27,29H,1-4,6-7,9-12H2/t16-,17+,18-,19-/m1/s1. The molecule has 4 atom stereocenters. The van der Waals surface area contributed by atoms with Crippen molar-refractivity contribution < 1.29 is 15.0 Å². The molecule has 5 rings (SSSR count). The van der Waals surface area contributed by atoms with E-state index >= 15 is 0 Å². The molecule has 0 spiro atoms. The van der Waals surface area contributed by atoms with Gasteiger partial charge in [-0.25, -0.2) is 4.68 Å². The molecule has 0 unspecified atom stereocenters. The van der Waals surface area contributed by atoms with Gasteiger partial charge in [0, 0.05) is 19.5 Å². The van der Waals surface area contributed by atoms with Crippen LogP contribution in [-0.4, -0.2) is 55.2 Å². The molecule has 3 fully saturated rings. The van der Waals surface area contributed by atoms with Crippen molar-refractivity contribution in [1.29, 1.82) is 0 Å². The normalized spacial score (nSPS) is 30.5. The van der Waals surface area contributed by atoms with Crippen LogP contribution in [0.5, 0.6) is 0 Å². The highest BCUT2D eigenvalue weighted by Crippen LogP contribution is 2.42. The van der Waals surface area contributed by atoms with Gasteiger partial charge in [-0.3, -0.25) is 4.79 Å². The number of amides is 1. The Labute approximate surface area is 180 Å². The molecule has 3 heterocycles. The van der Waals surface area contributed by atoms with Crippen molar-refractivity contribution in [3.05, 3.63) is 34.3 Å². The number of hydrogen-bond donors (Lipinski definition) is 2. The van der Waals surface area contributed by atoms with E-state index in [0.29, 0.717) is 30.4 Å². The minimum absolute atomic E-state index is 0.140. The lowest BCUT2D eigenvalue weighted by Crippen LogP contribution is -2.36. The van der Waals surface area contributed by atoms with Gasteiger partial charge in [0.1, 0.15) is 11.3 Å². The predicted molar refractivity (Wildman–Crippen MR) is 113 cm³/mol. The summed E-state index contributed by atoms with van der Waals surface area (Å²) in [6.07, 6.45) is 7.63. The maximum absolute atomic E-state index is 12.7. The van der Waals surface area contributed by atoms with E-state index in [1.165, 1.54) is 5.56 Å². The Kier molecular flexibility index (Phi) is 5.41. The van der Waals surface area contributed by atoms with Crippen LogP contribution in [0.3, 0.4) is 0 Å². The smallest absolute Gasteiger partial charge is 0.222 e. The quantitative estimate of drug-likeness (QED) is 0.761. The monoisotopic (exact) mass is 430 g/mol. The lowest BCUT2D eigenvalue weighted by atomic mass is 9.77. The summed E-state index contributed by atoms with van der Waals surface area (Å²) in [6.45, 7) is 1.52. The second-order valence-corrected chi connectivity index (χ2v) is 10.2. The van der Waals surface area contributed by atoms with E-state index in [-0.39, 0.29) is 11.9 Å². The summed E-state index contributed by atoms with van der Waals surface area (Å²) in [7, 11) is 0. The summed E-state index contributed by atoms with van der Waals surface area (Å²) in [6, 6.07) is 1.94. The van der Waals surface area contributed by atoms with E-state index in [9.17, 15) is 15.0 Å². The third-order valence-electron chi connectivity index (χ3n) is 7.43. The molecule has 162 valence electrons. The van der Waals surface area contributed by atoms with Gasteiger partial charge in [0.15, 0.2) is 0 Å². The number of hydrogen-bond acceptors (Lipinski definition) is 6. The molecule has 2 aliphatic carbocycles. The number of carbonyl (C=O) groups excluding carboxylic acids is 1. The van der Waals surface area contributed by atoms with Crippen LogP contribution in [0.4, 0.5) is 0 Å². The number of thiophene rings is 1. The molecule has 8 heteroatoms. The fourth-order valence-electron chi connectivity index (χ4n) is 5.61. The van der Waals surface area contributed by atoms with Crippen LogP contribution in [0.1, 0.15) is 62.2 Å². The molecule has 2 saturated carbocycles. The molecule has 0 bridgehead atoms. The van der Waals surface area contributed by atoms with Gasteiger partial charge in [0.2, 0.25) is 5.91 Å². The summed E-state index contributed by atoms with van der Waals surface area (Å²) >= 11 is 1.67. The Morgan fingerprint density at radius 3 is 2.73 bits per heavy atom. The zero-order chi connectivity index (χ0) is 20.7. The number of carbonyl (C=O) groups is 1. The average Bonchev–Trinajstić information content (AvgIpc) is 3.51. The first-order chi connectivity index (χ1) is 14.5. The summed E-state index contributed by atoms with van der Waals surface area (Å²) in [4.78, 5) is 14.7. The largest absolute Gasteiger partial charge is 0.391 e. The fourth-order valence-corrected chi connectivity index (χ4v) is 6.31. The van der Waals surface area contributed by atoms with Gasteiger partial charge in [-0.1, -0.05) is 18.1 Å². The summed E-state index contributed by atoms with van der Waals surface area (Å²) in [5.74, 6) is 0.946. The van der Waals surface area contributed by atoms with Crippen molar-refractivity contribution in [2.75, 3.05) is 13.1 Å². The minimum Gasteiger partial charge on any atom is -0.391 e. The summed E-state index contributed by atoms with van der Waals surface area (Å²) < 4.78 is 1.76. The molecular weight excluding hydrogens is 400 g/mol. The van der Waals surface area contributed by atoms with Crippen LogP contribution in [0.2, 0.25) is 0 Å². The Morgan fingerprint density at radius 1 is 1.23 bits per heavy atom. The van der Waals surface area contributed by atoms with Gasteiger partial charge in [-0.2, -0.15) is 11.3 Å². The molecule has 0 aromatic carbocycles. The third-order valence-corrected chi connectivity index (χ3v) is 8.16. The fraction of sp³-hybridized carbons (Fsp3) is 0.682. The number of aromatic nitrogens is 3. The van der Waals surface area contributed by atoms with Gasteiger partial charge in [0.05, 0.1) is 18.3 Å². The van der Waals surface area contributed by atoms with Gasteiger partial charge >= 0.3 is 0 Å². The van der Waals surface area contributed by atoms with Crippen LogP contribution in [0.25, 0.3) is 0 Å². The van der Waals surface area contributed by atoms with Crippen molar-refractivity contribution in [1.82, 2.24) is 19.9 Å². The zero-order valence-corrected chi connectivity index (χ0v) is 18.0. The Hall–Kier alpha value is -1.77. The van der Waals surface area contributed by atoms with E-state index in [0.717, 1.165) is 51.6 Å². The van der Waals surface area contributed by atoms with Crippen molar-refractivity contribution in [3.63, 3.8) is 0 Å². The van der Waals surface area contributed by atoms with Gasteiger partial charge in [-0.15, -0.1) is 5.10 Å². The highest BCUT2D eigenvalue weighted by Gasteiger charge is 2.44. The van der Waals surface area contributed by atoms with Crippen molar-refractivity contribution in [3.8, 4) is 0 Å². The number of nitrogens with zero attached hydrogens (tertiary/aromatic N) is 4. The van der Waals surface area contributed by atoms with Gasteiger partial charge in [-0.05, 0) is 66.3 Å². The number of fused-ring (bicyclic) bond motifs is 1. The maximum Gasteiger partial charge on any atom is 0.222 e. The molecule has 1 aliphatic heterocycles. The minimum atomic E-state index is -0.862. The molecular formula is C22H30N4O3S. The lowest BCUT2D eigenvalue weighted by molar-refractivity contribution is -0.130. The molecule has 2 N–H and O–H groups in total. The third kappa shape index (κ3) is 3.81. The molecule has 2 aromatic rings. The molecule has 30 heavy (non-hydrogen) atoms. The van der Waals surface area contributed by atoms with E-state index in [1.807, 2.05) is 16.5 Å². The number of aliphatic hydroxyl groups is 2. The average molecular weight is 431 g/mol. The predicted octanol–water partition coefficient (Wildman–Crippen LogP) is 2.50. The van der Waals surface area contributed by atoms with Crippen molar-refractivity contribution in [2.45, 2.75) is 69.1 Å². The highest BCUT2D eigenvalue weighted by molar-refractivity contribution is 7.07. The van der Waals surface area contributed by atoms with E-state index in [4.69, 9.17) is 0 Å². The van der Waals surface area contributed by atoms with E-state index < -0.39 is 11.7 Å². The zero-order valence-electron chi connectivity index (χ0n) is 17.2. The molecule has 1 saturated heterocycles. The first kappa shape index (κ1) is 20.2. The maximum atomic E-state index is 12.7. The second kappa shape index (κ2) is 8.05. The number of rotatable bonds is 5. The number of likely N-dealkylation sites (tertiary alicyclic amines) is 1. The SMILES string of the molecule is O=C(CCc1ccsc1)N1C[C@H]2C[C@@H](n3cc(C4(O)CCCC4)nn3)[C@H](O)C[C@H]2C1. The topological polar surface area (TPSA) is 91.5 Å². The first-order valence-corrected chi connectivity index (χ1v) is 12.1. The van der Waals surface area contributed by atoms with Gasteiger partial charge in [0.25, 0.3) is 0 Å². The van der Waals surface area contributed by atoms with Crippen LogP contribution in [0, 0.1) is 11.8 Å². The van der Waals surface area contributed by atoms with E-state index in [2.05, 4.69) is 21.8 Å². The molecule has 3 aliphatic rings. The van der Waals surface area contributed by atoms with Crippen LogP contribution >= 0.6 is 11.3 Å². The molecule has 2 aromatic heterocycles. The number of aryl methyl sites for hydroxylation is 1. The first-order valence-electron chi connectivity index (χ1n) is 11.1. The second-order valence-electron chi connectivity index (χ2n) is 9.38. The summed E-state index contributed by atoms with van der Waals surface area (Å²) in [5.41, 5.74) is 0.997. The Morgan fingerprint density at radius 2 is 2.00 bits per heavy atom. The number of aliphatic hydroxyl groups excluding tert-OH is 1. The van der Waals surface area contributed by atoms with Crippen LogP contribution in [0.15, 0.2) is 23.0 Å². The van der Waals surface area contributed by atoms with Crippen molar-refractivity contribution >= 4 is 17.2 Å². The Bertz CT molecular complexity index is 877. The summed E-state index contributed by atoms with van der Waals surface area (Å²) in [5, 5.41) is 34.3. The van der Waals surface area contributed by atoms with Crippen LogP contribution < -0.4 is 0 Å². The molecule has 7 nitrogen and oxygen atoms in total. The van der Waals surface area contributed by atoms with E-state index in [1.54, 1.807) is 16.0 Å². The van der Waals surface area contributed by atoms with Gasteiger partial charge < -0.3 is 15.1 Å².